The highest BCUT2D eigenvalue weighted by Gasteiger charge is 2.14. The van der Waals surface area contributed by atoms with E-state index in [0.29, 0.717) is 12.2 Å². The molecule has 80 valence electrons. The van der Waals surface area contributed by atoms with Crippen molar-refractivity contribution in [3.05, 3.63) is 16.2 Å². The molecule has 0 saturated heterocycles. The minimum absolute atomic E-state index is 0.0958. The summed E-state index contributed by atoms with van der Waals surface area (Å²) in [4.78, 5) is 14.1. The average molecular weight is 198 g/mol. The van der Waals surface area contributed by atoms with E-state index in [-0.39, 0.29) is 17.5 Å². The van der Waals surface area contributed by atoms with E-state index in [9.17, 15) is 9.90 Å². The van der Waals surface area contributed by atoms with Gasteiger partial charge < -0.3 is 10.1 Å². The van der Waals surface area contributed by atoms with Crippen LogP contribution < -0.4 is 5.69 Å². The lowest BCUT2D eigenvalue weighted by molar-refractivity contribution is 0.401. The number of hydrogen-bond donors (Lipinski definition) is 2. The van der Waals surface area contributed by atoms with Crippen molar-refractivity contribution in [3.63, 3.8) is 0 Å². The van der Waals surface area contributed by atoms with Crippen LogP contribution in [-0.2, 0) is 6.54 Å². The van der Waals surface area contributed by atoms with Gasteiger partial charge in [0.05, 0.1) is 5.69 Å². The fourth-order valence-corrected chi connectivity index (χ4v) is 1.41. The van der Waals surface area contributed by atoms with E-state index >= 15 is 0 Å². The van der Waals surface area contributed by atoms with Crippen molar-refractivity contribution in [1.29, 1.82) is 0 Å². The second-order valence-corrected chi connectivity index (χ2v) is 3.83. The summed E-state index contributed by atoms with van der Waals surface area (Å²) in [5.41, 5.74) is 0.422. The van der Waals surface area contributed by atoms with Gasteiger partial charge >= 0.3 is 5.69 Å². The molecular formula is C10H18N2O2. The molecule has 0 aliphatic carbocycles. The number of aromatic amines is 1. The Balaban J connectivity index is 2.99. The van der Waals surface area contributed by atoms with Crippen LogP contribution in [0.3, 0.4) is 0 Å². The van der Waals surface area contributed by atoms with Crippen LogP contribution in [-0.4, -0.2) is 14.7 Å². The van der Waals surface area contributed by atoms with Crippen molar-refractivity contribution in [2.45, 2.75) is 46.1 Å². The molecule has 0 aromatic carbocycles. The van der Waals surface area contributed by atoms with Crippen molar-refractivity contribution >= 4 is 0 Å². The molecule has 1 aromatic rings. The quantitative estimate of drug-likeness (QED) is 0.775. The monoisotopic (exact) mass is 198 g/mol. The minimum atomic E-state index is -0.209. The summed E-state index contributed by atoms with van der Waals surface area (Å²) in [6, 6.07) is 0. The maximum absolute atomic E-state index is 11.4. The molecule has 0 fully saturated rings. The first-order valence-corrected chi connectivity index (χ1v) is 5.09. The Labute approximate surface area is 83.6 Å². The molecule has 0 spiro atoms. The van der Waals surface area contributed by atoms with Gasteiger partial charge in [-0.05, 0) is 12.3 Å². The van der Waals surface area contributed by atoms with E-state index in [2.05, 4.69) is 11.9 Å². The molecule has 14 heavy (non-hydrogen) atoms. The highest BCUT2D eigenvalue weighted by Crippen LogP contribution is 2.21. The van der Waals surface area contributed by atoms with E-state index in [1.54, 1.807) is 0 Å². The Bertz CT molecular complexity index is 349. The first-order chi connectivity index (χ1) is 6.57. The molecule has 0 bridgehead atoms. The third-order valence-corrected chi connectivity index (χ3v) is 2.30. The van der Waals surface area contributed by atoms with E-state index < -0.39 is 0 Å². The van der Waals surface area contributed by atoms with Crippen molar-refractivity contribution in [2.75, 3.05) is 0 Å². The van der Waals surface area contributed by atoms with Gasteiger partial charge in [0.15, 0.2) is 0 Å². The minimum Gasteiger partial charge on any atom is -0.493 e. The van der Waals surface area contributed by atoms with E-state index in [4.69, 9.17) is 0 Å². The molecule has 0 aliphatic heterocycles. The fourth-order valence-electron chi connectivity index (χ4n) is 1.41. The zero-order valence-corrected chi connectivity index (χ0v) is 9.00. The van der Waals surface area contributed by atoms with Gasteiger partial charge in [-0.25, -0.2) is 4.79 Å². The number of aromatic hydroxyl groups is 1. The number of nitrogens with zero attached hydrogens (tertiary/aromatic N) is 1. The predicted molar refractivity (Wildman–Crippen MR) is 55.7 cm³/mol. The Morgan fingerprint density at radius 1 is 1.50 bits per heavy atom. The molecule has 0 amide bonds. The van der Waals surface area contributed by atoms with Crippen molar-refractivity contribution in [3.8, 4) is 5.88 Å². The van der Waals surface area contributed by atoms with Crippen LogP contribution >= 0.6 is 0 Å². The Morgan fingerprint density at radius 2 is 2.14 bits per heavy atom. The second-order valence-electron chi connectivity index (χ2n) is 3.83. The lowest BCUT2D eigenvalue weighted by atomic mass is 10.1. The number of unbranched alkanes of at least 4 members (excludes halogenated alkanes) is 1. The number of nitrogens with one attached hydrogen (secondary N) is 1. The molecular weight excluding hydrogens is 180 g/mol. The Kier molecular flexibility index (Phi) is 3.38. The largest absolute Gasteiger partial charge is 0.493 e. The van der Waals surface area contributed by atoms with Crippen molar-refractivity contribution < 1.29 is 5.11 Å². The Hall–Kier alpha value is -1.19. The molecule has 0 radical (unpaired) electrons. The van der Waals surface area contributed by atoms with Gasteiger partial charge in [0.2, 0.25) is 5.88 Å². The normalized spacial score (nSPS) is 11.1. The third kappa shape index (κ3) is 2.00. The number of hydrogen-bond acceptors (Lipinski definition) is 2. The maximum Gasteiger partial charge on any atom is 0.328 e. The molecule has 0 saturated carbocycles. The van der Waals surface area contributed by atoms with Gasteiger partial charge in [-0.3, -0.25) is 4.57 Å². The van der Waals surface area contributed by atoms with E-state index in [1.165, 1.54) is 4.57 Å². The SMILES string of the molecule is CCCCn1c(O)c(C(C)C)[nH]c1=O. The lowest BCUT2D eigenvalue weighted by Gasteiger charge is -2.04. The maximum atomic E-state index is 11.4. The van der Waals surface area contributed by atoms with Gasteiger partial charge in [-0.2, -0.15) is 0 Å². The molecule has 0 atom stereocenters. The molecule has 4 nitrogen and oxygen atoms in total. The topological polar surface area (TPSA) is 58.0 Å². The highest BCUT2D eigenvalue weighted by atomic mass is 16.3. The van der Waals surface area contributed by atoms with Crippen LogP contribution in [0, 0.1) is 0 Å². The van der Waals surface area contributed by atoms with Crippen molar-refractivity contribution in [1.82, 2.24) is 9.55 Å². The molecule has 1 heterocycles. The van der Waals surface area contributed by atoms with Crippen LogP contribution in [0.15, 0.2) is 4.79 Å². The summed E-state index contributed by atoms with van der Waals surface area (Å²) < 4.78 is 1.40. The lowest BCUT2D eigenvalue weighted by Crippen LogP contribution is -2.16. The summed E-state index contributed by atoms with van der Waals surface area (Å²) in [5.74, 6) is 0.240. The van der Waals surface area contributed by atoms with Gasteiger partial charge in [0.25, 0.3) is 0 Å². The molecule has 0 aliphatic rings. The fraction of sp³-hybridized carbons (Fsp3) is 0.700. The number of rotatable bonds is 4. The number of H-pyrrole nitrogens is 1. The van der Waals surface area contributed by atoms with Crippen molar-refractivity contribution in [2.24, 2.45) is 0 Å². The summed E-state index contributed by atoms with van der Waals surface area (Å²) in [5, 5.41) is 9.74. The zero-order valence-electron chi connectivity index (χ0n) is 9.00. The summed E-state index contributed by atoms with van der Waals surface area (Å²) >= 11 is 0. The van der Waals surface area contributed by atoms with Gasteiger partial charge in [-0.15, -0.1) is 0 Å². The standard InChI is InChI=1S/C10H18N2O2/c1-4-5-6-12-9(13)8(7(2)3)11-10(12)14/h7,13H,4-6H2,1-3H3,(H,11,14). The third-order valence-electron chi connectivity index (χ3n) is 2.30. The number of imidazole rings is 1. The first-order valence-electron chi connectivity index (χ1n) is 5.09. The predicted octanol–water partition coefficient (Wildman–Crippen LogP) is 1.81. The van der Waals surface area contributed by atoms with Gasteiger partial charge in [0, 0.05) is 6.54 Å². The van der Waals surface area contributed by atoms with Crippen LogP contribution in [0.2, 0.25) is 0 Å². The van der Waals surface area contributed by atoms with E-state index in [0.717, 1.165) is 12.8 Å². The van der Waals surface area contributed by atoms with E-state index in [1.807, 2.05) is 13.8 Å². The summed E-state index contributed by atoms with van der Waals surface area (Å²) in [6.07, 6.45) is 1.91. The molecule has 4 heteroatoms. The molecule has 1 aromatic heterocycles. The zero-order chi connectivity index (χ0) is 10.7. The van der Waals surface area contributed by atoms with Gasteiger partial charge in [0.1, 0.15) is 0 Å². The molecule has 2 N–H and O–H groups in total. The molecule has 0 unspecified atom stereocenters. The summed E-state index contributed by atoms with van der Waals surface area (Å²) in [6.45, 7) is 6.52. The highest BCUT2D eigenvalue weighted by molar-refractivity contribution is 5.21. The first kappa shape index (κ1) is 10.9. The second kappa shape index (κ2) is 4.35. The molecule has 1 rings (SSSR count). The van der Waals surface area contributed by atoms with Crippen LogP contribution in [0.5, 0.6) is 5.88 Å². The average Bonchev–Trinajstić information content (AvgIpc) is 2.40. The van der Waals surface area contributed by atoms with Crippen LogP contribution in [0.1, 0.15) is 45.2 Å². The number of aromatic nitrogens is 2. The smallest absolute Gasteiger partial charge is 0.328 e. The van der Waals surface area contributed by atoms with Crippen LogP contribution in [0.25, 0.3) is 0 Å². The summed E-state index contributed by atoms with van der Waals surface area (Å²) in [7, 11) is 0. The Morgan fingerprint density at radius 3 is 2.57 bits per heavy atom. The van der Waals surface area contributed by atoms with Crippen LogP contribution in [0.4, 0.5) is 0 Å². The van der Waals surface area contributed by atoms with Gasteiger partial charge in [-0.1, -0.05) is 27.2 Å².